The Morgan fingerprint density at radius 3 is 2.53 bits per heavy atom. The number of benzene rings is 1. The molecule has 3 aromatic rings. The summed E-state index contributed by atoms with van der Waals surface area (Å²) in [6.45, 7) is -0.262. The van der Waals surface area contributed by atoms with Crippen LogP contribution in [0.5, 0.6) is 0 Å². The number of rotatable bonds is 8. The summed E-state index contributed by atoms with van der Waals surface area (Å²) in [5, 5.41) is 5.70. The van der Waals surface area contributed by atoms with Gasteiger partial charge in [-0.05, 0) is 55.7 Å². The second kappa shape index (κ2) is 10.1. The molecule has 180 valence electrons. The van der Waals surface area contributed by atoms with Crippen molar-refractivity contribution in [3.8, 4) is 0 Å². The van der Waals surface area contributed by atoms with E-state index in [2.05, 4.69) is 5.10 Å². The van der Waals surface area contributed by atoms with Crippen LogP contribution in [0.3, 0.4) is 0 Å². The van der Waals surface area contributed by atoms with E-state index in [-0.39, 0.29) is 30.2 Å². The summed E-state index contributed by atoms with van der Waals surface area (Å²) in [6, 6.07) is 13.0. The van der Waals surface area contributed by atoms with E-state index in [0.717, 1.165) is 11.3 Å². The summed E-state index contributed by atoms with van der Waals surface area (Å²) >= 11 is 1.51. The zero-order chi connectivity index (χ0) is 24.3. The van der Waals surface area contributed by atoms with Crippen molar-refractivity contribution < 1.29 is 22.8 Å². The normalized spacial score (nSPS) is 14.5. The molecule has 1 atom stereocenters. The number of carbonyl (C=O) groups excluding carboxylic acids is 2. The van der Waals surface area contributed by atoms with E-state index in [9.17, 15) is 22.8 Å². The van der Waals surface area contributed by atoms with Gasteiger partial charge < -0.3 is 4.90 Å². The average molecular weight is 490 g/mol. The maximum atomic E-state index is 13.5. The van der Waals surface area contributed by atoms with Gasteiger partial charge in [0.1, 0.15) is 0 Å². The zero-order valence-corrected chi connectivity index (χ0v) is 19.7. The summed E-state index contributed by atoms with van der Waals surface area (Å²) in [7, 11) is 1.67. The number of ketones is 1. The molecule has 0 saturated heterocycles. The minimum Gasteiger partial charge on any atom is -0.315 e. The third kappa shape index (κ3) is 5.41. The van der Waals surface area contributed by atoms with Gasteiger partial charge in [-0.15, -0.1) is 11.3 Å². The largest absolute Gasteiger partial charge is 0.435 e. The van der Waals surface area contributed by atoms with Crippen LogP contribution in [0, 0.1) is 5.92 Å². The number of alkyl halides is 3. The van der Waals surface area contributed by atoms with Crippen molar-refractivity contribution in [1.29, 1.82) is 0 Å². The second-order valence-electron chi connectivity index (χ2n) is 8.59. The maximum Gasteiger partial charge on any atom is 0.435 e. The number of nitrogens with zero attached hydrogens (tertiary/aromatic N) is 3. The molecule has 2 aromatic heterocycles. The molecular weight excluding hydrogens is 463 g/mol. The average Bonchev–Trinajstić information content (AvgIpc) is 3.46. The van der Waals surface area contributed by atoms with Crippen LogP contribution >= 0.6 is 11.3 Å². The summed E-state index contributed by atoms with van der Waals surface area (Å²) in [4.78, 5) is 28.9. The quantitative estimate of drug-likeness (QED) is 0.430. The van der Waals surface area contributed by atoms with Crippen LogP contribution in [-0.2, 0) is 41.6 Å². The number of halogens is 3. The highest BCUT2D eigenvalue weighted by Gasteiger charge is 2.39. The molecule has 1 unspecified atom stereocenters. The number of carbonyl (C=O) groups is 2. The number of para-hydroxylation sites is 1. The molecule has 4 rings (SSSR count). The molecule has 0 fully saturated rings. The van der Waals surface area contributed by atoms with Crippen molar-refractivity contribution in [2.24, 2.45) is 5.92 Å². The third-order valence-corrected chi connectivity index (χ3v) is 7.08. The van der Waals surface area contributed by atoms with Gasteiger partial charge in [0.05, 0.1) is 12.5 Å². The smallest absolute Gasteiger partial charge is 0.315 e. The van der Waals surface area contributed by atoms with Crippen LogP contribution < -0.4 is 4.90 Å². The highest BCUT2D eigenvalue weighted by Crippen LogP contribution is 2.36. The molecule has 0 radical (unpaired) electrons. The summed E-state index contributed by atoms with van der Waals surface area (Å²) in [5.74, 6) is -1.13. The molecular formula is C25H26F3N3O2S. The van der Waals surface area contributed by atoms with Gasteiger partial charge in [-0.3, -0.25) is 14.3 Å². The number of thiophene rings is 1. The molecule has 0 aliphatic heterocycles. The minimum absolute atomic E-state index is 0.0656. The van der Waals surface area contributed by atoms with E-state index in [1.165, 1.54) is 20.9 Å². The van der Waals surface area contributed by atoms with Crippen LogP contribution in [0.2, 0.25) is 0 Å². The topological polar surface area (TPSA) is 55.2 Å². The molecule has 1 aromatic carbocycles. The van der Waals surface area contributed by atoms with E-state index < -0.39 is 17.8 Å². The molecule has 1 aliphatic rings. The van der Waals surface area contributed by atoms with Crippen molar-refractivity contribution in [2.45, 2.75) is 51.2 Å². The van der Waals surface area contributed by atoms with Gasteiger partial charge in [0, 0.05) is 35.3 Å². The molecule has 1 aliphatic carbocycles. The lowest BCUT2D eigenvalue weighted by Crippen LogP contribution is -2.35. The lowest BCUT2D eigenvalue weighted by atomic mass is 9.94. The van der Waals surface area contributed by atoms with Gasteiger partial charge >= 0.3 is 6.18 Å². The van der Waals surface area contributed by atoms with E-state index in [4.69, 9.17) is 0 Å². The number of amides is 1. The summed E-state index contributed by atoms with van der Waals surface area (Å²) in [5.41, 5.74) is 0.535. The molecule has 0 saturated carbocycles. The van der Waals surface area contributed by atoms with Crippen LogP contribution in [0.25, 0.3) is 0 Å². The fraction of sp³-hybridized carbons (Fsp3) is 0.400. The van der Waals surface area contributed by atoms with E-state index in [1.807, 2.05) is 47.8 Å². The Labute approximate surface area is 200 Å². The van der Waals surface area contributed by atoms with Gasteiger partial charge in [0.15, 0.2) is 11.5 Å². The zero-order valence-electron chi connectivity index (χ0n) is 18.8. The van der Waals surface area contributed by atoms with Gasteiger partial charge in [0.2, 0.25) is 5.91 Å². The van der Waals surface area contributed by atoms with E-state index >= 15 is 0 Å². The number of Topliss-reactive ketones (excluding diaryl/α,β-unsaturated/α-hetero) is 1. The summed E-state index contributed by atoms with van der Waals surface area (Å²) in [6.07, 6.45) is -1.98. The summed E-state index contributed by atoms with van der Waals surface area (Å²) < 4.78 is 41.7. The molecule has 34 heavy (non-hydrogen) atoms. The first-order valence-corrected chi connectivity index (χ1v) is 12.1. The fourth-order valence-electron chi connectivity index (χ4n) is 4.51. The highest BCUT2D eigenvalue weighted by molar-refractivity contribution is 7.09. The monoisotopic (exact) mass is 489 g/mol. The number of anilines is 1. The third-order valence-electron chi connectivity index (χ3n) is 6.18. The SMILES string of the molecule is CN(C(=O)C(CC(=O)Cn1nc(C(F)(F)F)c2c1CCCC2)Cc1cccs1)c1ccccc1. The lowest BCUT2D eigenvalue weighted by molar-refractivity contribution is -0.142. The number of fused-ring (bicyclic) bond motifs is 1. The molecule has 2 heterocycles. The first kappa shape index (κ1) is 24.2. The second-order valence-corrected chi connectivity index (χ2v) is 9.62. The van der Waals surface area contributed by atoms with Gasteiger partial charge in [-0.1, -0.05) is 24.3 Å². The van der Waals surface area contributed by atoms with Crippen LogP contribution in [-0.4, -0.2) is 28.5 Å². The Morgan fingerprint density at radius 2 is 1.85 bits per heavy atom. The van der Waals surface area contributed by atoms with Crippen molar-refractivity contribution in [2.75, 3.05) is 11.9 Å². The van der Waals surface area contributed by atoms with Crippen LogP contribution in [0.1, 0.15) is 41.1 Å². The lowest BCUT2D eigenvalue weighted by Gasteiger charge is -2.23. The highest BCUT2D eigenvalue weighted by atomic mass is 32.1. The van der Waals surface area contributed by atoms with Crippen molar-refractivity contribution in [3.05, 3.63) is 69.7 Å². The minimum atomic E-state index is -4.55. The van der Waals surface area contributed by atoms with Crippen molar-refractivity contribution >= 4 is 28.7 Å². The predicted molar refractivity (Wildman–Crippen MR) is 125 cm³/mol. The molecule has 1 amide bonds. The Bertz CT molecular complexity index is 1140. The van der Waals surface area contributed by atoms with Gasteiger partial charge in [0.25, 0.3) is 0 Å². The Balaban J connectivity index is 1.54. The van der Waals surface area contributed by atoms with Gasteiger partial charge in [-0.25, -0.2) is 0 Å². The van der Waals surface area contributed by atoms with Gasteiger partial charge in [-0.2, -0.15) is 18.3 Å². The van der Waals surface area contributed by atoms with Crippen molar-refractivity contribution in [3.63, 3.8) is 0 Å². The molecule has 9 heteroatoms. The number of hydrogen-bond donors (Lipinski definition) is 0. The Kier molecular flexibility index (Phi) is 7.21. The number of aromatic nitrogens is 2. The van der Waals surface area contributed by atoms with E-state index in [1.54, 1.807) is 7.05 Å². The first-order chi connectivity index (χ1) is 16.2. The Morgan fingerprint density at radius 1 is 1.12 bits per heavy atom. The first-order valence-electron chi connectivity index (χ1n) is 11.3. The molecule has 5 nitrogen and oxygen atoms in total. The maximum absolute atomic E-state index is 13.5. The van der Waals surface area contributed by atoms with Crippen LogP contribution in [0.15, 0.2) is 47.8 Å². The van der Waals surface area contributed by atoms with Crippen molar-refractivity contribution in [1.82, 2.24) is 9.78 Å². The van der Waals surface area contributed by atoms with Crippen LogP contribution in [0.4, 0.5) is 18.9 Å². The molecule has 0 N–H and O–H groups in total. The predicted octanol–water partition coefficient (Wildman–Crippen LogP) is 5.32. The Hall–Kier alpha value is -2.94. The standard InChI is InChI=1S/C25H26F3N3O2S/c1-30(18-8-3-2-4-9-18)24(33)17(15-20-10-7-13-34-20)14-19(32)16-31-22-12-6-5-11-21(22)23(29-31)25(26,27)28/h2-4,7-10,13,17H,5-6,11-12,14-16H2,1H3. The van der Waals surface area contributed by atoms with E-state index in [0.29, 0.717) is 37.1 Å². The molecule has 0 spiro atoms. The fourth-order valence-corrected chi connectivity index (χ4v) is 5.29. The number of hydrogen-bond acceptors (Lipinski definition) is 4. The molecule has 0 bridgehead atoms.